The third kappa shape index (κ3) is 33.8. The smallest absolute Gasteiger partial charge is 0.356 e. The number of aliphatic hydroxyl groups is 1. The average Bonchev–Trinajstić information content (AvgIpc) is 1.38. The molecule has 0 saturated carbocycles. The number of carbonyl (C=O) groups excluding carboxylic acids is 1. The number of carboxylic acids is 3. The first kappa shape index (κ1) is 104. The number of rotatable bonds is 11. The maximum atomic E-state index is 13.4. The van der Waals surface area contributed by atoms with E-state index >= 15 is 0 Å². The fraction of sp³-hybridized carbons (Fsp3) is 0.129. The number of carbonyl (C=O) groups is 4. The van der Waals surface area contributed by atoms with E-state index < -0.39 is 53.3 Å². The molecule has 0 amide bonds. The Labute approximate surface area is 753 Å². The monoisotopic (exact) mass is 2530 g/mol. The molecule has 0 fully saturated rings. The summed E-state index contributed by atoms with van der Waals surface area (Å²) in [6.45, 7) is 10.8. The van der Waals surface area contributed by atoms with Crippen molar-refractivity contribution in [2.45, 2.75) is 48.1 Å². The van der Waals surface area contributed by atoms with E-state index in [2.05, 4.69) is 116 Å². The van der Waals surface area contributed by atoms with Crippen molar-refractivity contribution < 1.29 is 166 Å². The number of thiophene rings is 1. The van der Waals surface area contributed by atoms with E-state index in [1.54, 1.807) is 108 Å². The van der Waals surface area contributed by atoms with Crippen molar-refractivity contribution in [1.82, 2.24) is 69.5 Å². The summed E-state index contributed by atoms with van der Waals surface area (Å²) in [5, 5.41) is 51.4. The van der Waals surface area contributed by atoms with E-state index in [1.165, 1.54) is 73.0 Å². The van der Waals surface area contributed by atoms with Gasteiger partial charge in [0, 0.05) is 200 Å². The molecule has 5 N–H and O–H groups in total. The summed E-state index contributed by atoms with van der Waals surface area (Å²) in [5.41, 5.74) is 9.35. The summed E-state index contributed by atoms with van der Waals surface area (Å²) < 4.78 is 83.5. The van der Waals surface area contributed by atoms with Gasteiger partial charge >= 0.3 is 17.9 Å². The number of halogens is 6. The summed E-state index contributed by atoms with van der Waals surface area (Å²) >= 11 is 1.73. The Kier molecular flexibility index (Phi) is 46.3. The normalized spacial score (nSPS) is 9.90. The third-order valence-electron chi connectivity index (χ3n) is 15.2. The van der Waals surface area contributed by atoms with Crippen molar-refractivity contribution in [3.8, 4) is 55.6 Å². The molecule has 629 valence electrons. The molecule has 119 heavy (non-hydrogen) atoms. The third-order valence-corrected chi connectivity index (χ3v) is 16.3. The predicted molar refractivity (Wildman–Crippen MR) is 420 cm³/mol. The molecule has 0 saturated heterocycles. The molecule has 15 rings (SSSR count). The number of fused-ring (bicyclic) bond motifs is 2. The molecular weight excluding hydrogens is 2450 g/mol. The van der Waals surface area contributed by atoms with Gasteiger partial charge in [0.15, 0.2) is 22.9 Å². The van der Waals surface area contributed by atoms with Crippen molar-refractivity contribution in [2.75, 3.05) is 7.05 Å². The van der Waals surface area contributed by atoms with Gasteiger partial charge in [-0.15, -0.1) is 83.7 Å². The Balaban J connectivity index is 0.000000456. The van der Waals surface area contributed by atoms with Crippen LogP contribution in [0.5, 0.6) is 0 Å². The number of nitrogens with zero attached hydrogens (tertiary/aromatic N) is 13. The van der Waals surface area contributed by atoms with E-state index in [9.17, 15) is 45.5 Å². The van der Waals surface area contributed by atoms with Crippen molar-refractivity contribution in [3.05, 3.63) is 336 Å². The molecule has 11 heterocycles. The van der Waals surface area contributed by atoms with Gasteiger partial charge in [0.05, 0.1) is 5.76 Å². The van der Waals surface area contributed by atoms with Crippen LogP contribution in [0, 0.1) is 93.5 Å². The van der Waals surface area contributed by atoms with Crippen LogP contribution in [0.4, 0.5) is 26.3 Å². The molecule has 0 unspecified atom stereocenters. The molecule has 22 nitrogen and oxygen atoms in total. The first-order valence-corrected chi connectivity index (χ1v) is 34.8. The van der Waals surface area contributed by atoms with Crippen LogP contribution in [0.3, 0.4) is 0 Å². The van der Waals surface area contributed by atoms with Crippen LogP contribution < -0.4 is 5.32 Å². The second-order valence-corrected chi connectivity index (χ2v) is 25.0. The van der Waals surface area contributed by atoms with E-state index in [1.807, 2.05) is 99.2 Å². The van der Waals surface area contributed by atoms with Gasteiger partial charge in [-0.1, -0.05) is 113 Å². The number of aromatic carboxylic acids is 3. The summed E-state index contributed by atoms with van der Waals surface area (Å²) in [4.78, 5) is 68.9. The fourth-order valence-corrected chi connectivity index (χ4v) is 10.5. The van der Waals surface area contributed by atoms with E-state index in [4.69, 9.17) is 20.4 Å². The maximum absolute atomic E-state index is 13.4. The molecule has 0 aliphatic rings. The average molecular weight is 2530 g/mol. The van der Waals surface area contributed by atoms with Gasteiger partial charge < -0.3 is 50.7 Å². The second-order valence-electron chi connectivity index (χ2n) is 24.0. The quantitative estimate of drug-likeness (QED) is 0.0264. The molecule has 0 spiro atoms. The molecular formula is C85H73F6Ir5N14O8S-5. The Morgan fingerprint density at radius 3 is 1.39 bits per heavy atom. The number of benzene rings is 4. The number of aromatic nitrogens is 13. The van der Waals surface area contributed by atoms with Crippen molar-refractivity contribution >= 4 is 55.9 Å². The number of nitrogens with one attached hydrogen (secondary N) is 1. The minimum absolute atomic E-state index is 0. The first-order valence-electron chi connectivity index (χ1n) is 34.0. The zero-order chi connectivity index (χ0) is 83.0. The molecule has 0 atom stereocenters. The van der Waals surface area contributed by atoms with Crippen molar-refractivity contribution in [1.29, 1.82) is 0 Å². The SMILES string of the molecule is CC(=O)C=C(C)O.CNCc1ccnc(-c2[c-]cc(F)nc2F)c1.Cc1cc(C(=O)O)nn1C.Cc1cc(C(=O)O)nn1C.Cc1cc(C(=O)O)nn1C.Cc1ccnc(-c2[c-]cc(F)nc2F)c1.Fc1c[c-]c(-c2ccccn2)c(F)c1.[Ir].[Ir].[Ir].[Ir].[Ir].[c-]1c(-c2ccccn2)sc2ccccc12.[c-]1ccccc1-c1nccc2ccccc12. The van der Waals surface area contributed by atoms with E-state index in [-0.39, 0.29) is 146 Å². The molecule has 0 aliphatic heterocycles. The number of aryl methyl sites for hydroxylation is 7. The van der Waals surface area contributed by atoms with Crippen LogP contribution >= 0.6 is 11.3 Å². The van der Waals surface area contributed by atoms with Gasteiger partial charge in [-0.25, -0.2) is 43.3 Å². The fourth-order valence-electron chi connectivity index (χ4n) is 9.55. The zero-order valence-electron chi connectivity index (χ0n) is 64.6. The Morgan fingerprint density at radius 1 is 0.487 bits per heavy atom. The summed E-state index contributed by atoms with van der Waals surface area (Å²) in [6, 6.07) is 67.1. The Bertz CT molecular complexity index is 5530. The number of allylic oxidation sites excluding steroid dienone is 2. The van der Waals surface area contributed by atoms with Gasteiger partial charge in [-0.2, -0.15) is 15.3 Å². The van der Waals surface area contributed by atoms with Gasteiger partial charge in [0.2, 0.25) is 0 Å². The number of pyridine rings is 7. The summed E-state index contributed by atoms with van der Waals surface area (Å²) in [7, 11) is 6.94. The van der Waals surface area contributed by atoms with E-state index in [0.717, 1.165) is 74.3 Å². The molecule has 4 aromatic carbocycles. The molecule has 0 aliphatic carbocycles. The maximum Gasteiger partial charge on any atom is 0.356 e. The number of aliphatic hydroxyl groups excluding tert-OH is 1. The summed E-state index contributed by atoms with van der Waals surface area (Å²) in [5.74, 6) is -7.87. The number of hydrogen-bond acceptors (Lipinski definition) is 17. The van der Waals surface area contributed by atoms with Crippen LogP contribution in [-0.2, 0) is 133 Å². The minimum atomic E-state index is -0.983. The summed E-state index contributed by atoms with van der Waals surface area (Å²) in [6.07, 6.45) is 9.50. The molecule has 34 heteroatoms. The largest absolute Gasteiger partial charge is 0.512 e. The van der Waals surface area contributed by atoms with Crippen LogP contribution in [0.1, 0.15) is 73.5 Å². The first-order chi connectivity index (χ1) is 54.5. The molecule has 15 aromatic rings. The van der Waals surface area contributed by atoms with Crippen molar-refractivity contribution in [3.63, 3.8) is 0 Å². The minimum Gasteiger partial charge on any atom is -0.512 e. The second kappa shape index (κ2) is 52.9. The van der Waals surface area contributed by atoms with Gasteiger partial charge in [-0.3, -0.25) is 37.6 Å². The van der Waals surface area contributed by atoms with Crippen LogP contribution in [0.2, 0.25) is 0 Å². The molecule has 0 bridgehead atoms. The molecule has 11 aromatic heterocycles. The van der Waals surface area contributed by atoms with Gasteiger partial charge in [0.25, 0.3) is 0 Å². The van der Waals surface area contributed by atoms with Crippen LogP contribution in [0.15, 0.2) is 225 Å². The Morgan fingerprint density at radius 2 is 0.958 bits per heavy atom. The number of hydrogen-bond donors (Lipinski definition) is 5. The van der Waals surface area contributed by atoms with E-state index in [0.29, 0.717) is 23.6 Å². The van der Waals surface area contributed by atoms with Crippen LogP contribution in [-0.4, -0.2) is 115 Å². The van der Waals surface area contributed by atoms with Gasteiger partial charge in [-0.05, 0) is 146 Å². The molecule has 5 radical (unpaired) electrons. The zero-order valence-corrected chi connectivity index (χ0v) is 77.4. The van der Waals surface area contributed by atoms with Crippen LogP contribution in [0.25, 0.3) is 76.5 Å². The standard InChI is InChI=1S/C15H10N.C13H8NS.C12H10F2N3.C11H7F2N2.C11H6F2N.3C6H8N2O2.C5H8O2.5Ir/c1-2-7-13(8-3-1)15-14-9-5-4-6-12(14)10-11-16-15;1-2-7-12-10(5-1)9-13(15-12)11-6-3-4-8-14-11;1-15-7-8-4-5-16-10(6-8)9-2-3-11(13)17-12(9)14;1-7-4-5-14-9(6-7)8-2-3-10(12)15-11(8)13;12-8-4-5-9(10(13)7-8)11-3-1-2-6-14-11;3*1-4-3-5(6(9)10)7-8(4)2;1-4(6)3-5(2)7;;;;;/h1-7,9-11H;1-8H;3-6,15H,7H2,1H3;3-6H,1H3;1-4,6-7H;3*3H,1-2H3,(H,9,10);3,6H,1-2H3;;;;;/q5*-1;;;;;;;;;. The predicted octanol–water partition coefficient (Wildman–Crippen LogP) is 17.1. The Hall–Kier alpha value is -10.8. The number of carboxylic acid groups (broad SMARTS) is 3. The van der Waals surface area contributed by atoms with Gasteiger partial charge in [0.1, 0.15) is 23.8 Å². The number of ketones is 1. The van der Waals surface area contributed by atoms with Crippen molar-refractivity contribution in [2.24, 2.45) is 21.1 Å². The topological polar surface area (TPSA) is 305 Å².